The molecule has 1 aromatic heterocycles. The maximum atomic E-state index is 9.26. The maximum Gasteiger partial charge on any atom is 0.115 e. The number of rotatable bonds is 5. The Balaban J connectivity index is 1.99. The van der Waals surface area contributed by atoms with Crippen LogP contribution < -0.4 is 5.32 Å². The SMILES string of the molecule is CCC(NCc1cncs1)c1ccc(O)cc1. The number of benzene rings is 1. The summed E-state index contributed by atoms with van der Waals surface area (Å²) in [4.78, 5) is 5.29. The van der Waals surface area contributed by atoms with Crippen LogP contribution in [0.25, 0.3) is 0 Å². The van der Waals surface area contributed by atoms with Crippen molar-refractivity contribution in [2.24, 2.45) is 0 Å². The van der Waals surface area contributed by atoms with Gasteiger partial charge in [-0.05, 0) is 24.1 Å². The summed E-state index contributed by atoms with van der Waals surface area (Å²) < 4.78 is 0. The topological polar surface area (TPSA) is 45.2 Å². The Morgan fingerprint density at radius 2 is 2.12 bits per heavy atom. The number of phenols is 1. The van der Waals surface area contributed by atoms with Crippen LogP contribution in [0.4, 0.5) is 0 Å². The summed E-state index contributed by atoms with van der Waals surface area (Å²) in [5.41, 5.74) is 3.05. The minimum Gasteiger partial charge on any atom is -0.508 e. The summed E-state index contributed by atoms with van der Waals surface area (Å²) in [6.07, 6.45) is 2.91. The fourth-order valence-electron chi connectivity index (χ4n) is 1.76. The molecule has 90 valence electrons. The molecule has 0 radical (unpaired) electrons. The van der Waals surface area contributed by atoms with Crippen LogP contribution in [-0.4, -0.2) is 10.1 Å². The predicted octanol–water partition coefficient (Wildman–Crippen LogP) is 3.09. The average Bonchev–Trinajstić information content (AvgIpc) is 2.85. The smallest absolute Gasteiger partial charge is 0.115 e. The third-order valence-corrected chi connectivity index (χ3v) is 3.49. The van der Waals surface area contributed by atoms with E-state index in [4.69, 9.17) is 0 Å². The highest BCUT2D eigenvalue weighted by Crippen LogP contribution is 2.20. The Hall–Kier alpha value is -1.39. The van der Waals surface area contributed by atoms with Gasteiger partial charge in [-0.1, -0.05) is 19.1 Å². The van der Waals surface area contributed by atoms with Crippen molar-refractivity contribution in [3.05, 3.63) is 46.4 Å². The van der Waals surface area contributed by atoms with E-state index in [9.17, 15) is 5.11 Å². The Kier molecular flexibility index (Phi) is 4.12. The molecule has 0 aliphatic carbocycles. The highest BCUT2D eigenvalue weighted by atomic mass is 32.1. The second-order valence-corrected chi connectivity index (χ2v) is 4.87. The first-order chi connectivity index (χ1) is 8.29. The van der Waals surface area contributed by atoms with Crippen LogP contribution in [0.5, 0.6) is 5.75 Å². The minimum atomic E-state index is 0.311. The monoisotopic (exact) mass is 248 g/mol. The van der Waals surface area contributed by atoms with E-state index in [1.165, 1.54) is 10.4 Å². The van der Waals surface area contributed by atoms with Crippen molar-refractivity contribution in [1.29, 1.82) is 0 Å². The first-order valence-electron chi connectivity index (χ1n) is 5.69. The van der Waals surface area contributed by atoms with E-state index in [1.54, 1.807) is 23.5 Å². The molecule has 2 rings (SSSR count). The number of hydrogen-bond donors (Lipinski definition) is 2. The van der Waals surface area contributed by atoms with Crippen LogP contribution in [0, 0.1) is 0 Å². The van der Waals surface area contributed by atoms with Crippen LogP contribution in [0.3, 0.4) is 0 Å². The summed E-state index contributed by atoms with van der Waals surface area (Å²) in [6.45, 7) is 2.99. The van der Waals surface area contributed by atoms with Gasteiger partial charge in [0.05, 0.1) is 5.51 Å². The first kappa shape index (κ1) is 12.1. The summed E-state index contributed by atoms with van der Waals surface area (Å²) >= 11 is 1.66. The molecule has 1 heterocycles. The molecule has 0 saturated heterocycles. The fraction of sp³-hybridized carbons (Fsp3) is 0.308. The van der Waals surface area contributed by atoms with Gasteiger partial charge in [0.2, 0.25) is 0 Å². The molecule has 0 amide bonds. The quantitative estimate of drug-likeness (QED) is 0.854. The Morgan fingerprint density at radius 1 is 1.35 bits per heavy atom. The molecular formula is C13H16N2OS. The van der Waals surface area contributed by atoms with Crippen molar-refractivity contribution in [3.63, 3.8) is 0 Å². The van der Waals surface area contributed by atoms with Crippen LogP contribution in [0.1, 0.15) is 29.8 Å². The van der Waals surface area contributed by atoms with Gasteiger partial charge in [0, 0.05) is 23.7 Å². The van der Waals surface area contributed by atoms with Gasteiger partial charge in [0.15, 0.2) is 0 Å². The molecule has 4 heteroatoms. The second kappa shape index (κ2) is 5.80. The summed E-state index contributed by atoms with van der Waals surface area (Å²) in [5.74, 6) is 0.311. The van der Waals surface area contributed by atoms with Gasteiger partial charge in [-0.15, -0.1) is 11.3 Å². The van der Waals surface area contributed by atoms with Gasteiger partial charge in [0.1, 0.15) is 5.75 Å². The molecule has 1 aromatic carbocycles. The van der Waals surface area contributed by atoms with Crippen LogP contribution >= 0.6 is 11.3 Å². The average molecular weight is 248 g/mol. The molecule has 1 unspecified atom stereocenters. The number of phenolic OH excluding ortho intramolecular Hbond substituents is 1. The molecule has 0 bridgehead atoms. The molecule has 2 N–H and O–H groups in total. The standard InChI is InChI=1S/C13H16N2OS/c1-2-13(10-3-5-11(16)6-4-10)15-8-12-7-14-9-17-12/h3-7,9,13,15-16H,2,8H2,1H3. The number of hydrogen-bond acceptors (Lipinski definition) is 4. The molecular weight excluding hydrogens is 232 g/mol. The minimum absolute atomic E-state index is 0.311. The van der Waals surface area contributed by atoms with Gasteiger partial charge < -0.3 is 10.4 Å². The molecule has 1 atom stereocenters. The van der Waals surface area contributed by atoms with Crippen molar-refractivity contribution in [1.82, 2.24) is 10.3 Å². The lowest BCUT2D eigenvalue weighted by Gasteiger charge is -2.16. The number of aromatic hydroxyl groups is 1. The lowest BCUT2D eigenvalue weighted by Crippen LogP contribution is -2.19. The van der Waals surface area contributed by atoms with E-state index < -0.39 is 0 Å². The normalized spacial score (nSPS) is 12.5. The van der Waals surface area contributed by atoms with E-state index >= 15 is 0 Å². The Labute approximate surface area is 105 Å². The molecule has 0 saturated carbocycles. The van der Waals surface area contributed by atoms with E-state index in [0.29, 0.717) is 11.8 Å². The lowest BCUT2D eigenvalue weighted by atomic mass is 10.0. The van der Waals surface area contributed by atoms with Crippen LogP contribution in [0.15, 0.2) is 36.0 Å². The lowest BCUT2D eigenvalue weighted by molar-refractivity contribution is 0.473. The maximum absolute atomic E-state index is 9.26. The van der Waals surface area contributed by atoms with E-state index in [0.717, 1.165) is 13.0 Å². The summed E-state index contributed by atoms with van der Waals surface area (Å²) in [5, 5.41) is 12.8. The Morgan fingerprint density at radius 3 is 2.71 bits per heavy atom. The zero-order valence-electron chi connectivity index (χ0n) is 9.76. The number of thiazole rings is 1. The first-order valence-corrected chi connectivity index (χ1v) is 6.57. The highest BCUT2D eigenvalue weighted by Gasteiger charge is 2.08. The third kappa shape index (κ3) is 3.28. The van der Waals surface area contributed by atoms with E-state index in [2.05, 4.69) is 17.2 Å². The molecule has 3 nitrogen and oxygen atoms in total. The Bertz CT molecular complexity index is 439. The van der Waals surface area contributed by atoms with Crippen molar-refractivity contribution in [2.45, 2.75) is 25.9 Å². The van der Waals surface area contributed by atoms with Gasteiger partial charge in [-0.2, -0.15) is 0 Å². The largest absolute Gasteiger partial charge is 0.508 e. The molecule has 2 aromatic rings. The van der Waals surface area contributed by atoms with Gasteiger partial charge in [0.25, 0.3) is 0 Å². The number of nitrogens with one attached hydrogen (secondary N) is 1. The number of nitrogens with zero attached hydrogens (tertiary/aromatic N) is 1. The van der Waals surface area contributed by atoms with Gasteiger partial charge >= 0.3 is 0 Å². The van der Waals surface area contributed by atoms with Crippen LogP contribution in [0.2, 0.25) is 0 Å². The van der Waals surface area contributed by atoms with Gasteiger partial charge in [-0.25, -0.2) is 0 Å². The zero-order chi connectivity index (χ0) is 12.1. The van der Waals surface area contributed by atoms with E-state index in [1.807, 2.05) is 23.8 Å². The fourth-order valence-corrected chi connectivity index (χ4v) is 2.30. The molecule has 0 aliphatic rings. The summed E-state index contributed by atoms with van der Waals surface area (Å²) in [7, 11) is 0. The molecule has 0 fully saturated rings. The second-order valence-electron chi connectivity index (χ2n) is 3.90. The number of aromatic nitrogens is 1. The van der Waals surface area contributed by atoms with Crippen molar-refractivity contribution < 1.29 is 5.11 Å². The summed E-state index contributed by atoms with van der Waals surface area (Å²) in [6, 6.07) is 7.70. The third-order valence-electron chi connectivity index (χ3n) is 2.71. The van der Waals surface area contributed by atoms with E-state index in [-0.39, 0.29) is 0 Å². The zero-order valence-corrected chi connectivity index (χ0v) is 10.6. The van der Waals surface area contributed by atoms with Crippen molar-refractivity contribution >= 4 is 11.3 Å². The van der Waals surface area contributed by atoms with Crippen molar-refractivity contribution in [3.8, 4) is 5.75 Å². The highest BCUT2D eigenvalue weighted by molar-refractivity contribution is 7.09. The van der Waals surface area contributed by atoms with Crippen LogP contribution in [-0.2, 0) is 6.54 Å². The predicted molar refractivity (Wildman–Crippen MR) is 70.1 cm³/mol. The van der Waals surface area contributed by atoms with Crippen molar-refractivity contribution in [2.75, 3.05) is 0 Å². The van der Waals surface area contributed by atoms with Gasteiger partial charge in [-0.3, -0.25) is 4.98 Å². The molecule has 0 spiro atoms. The molecule has 0 aliphatic heterocycles. The molecule has 17 heavy (non-hydrogen) atoms.